The van der Waals surface area contributed by atoms with Gasteiger partial charge in [0.1, 0.15) is 34.8 Å². The number of carbonyl (C=O) groups is 2. The fourth-order valence-electron chi connectivity index (χ4n) is 5.54. The maximum Gasteiger partial charge on any atom is 0.250 e. The van der Waals surface area contributed by atoms with Crippen molar-refractivity contribution in [2.24, 2.45) is 0 Å². The van der Waals surface area contributed by atoms with Crippen molar-refractivity contribution in [1.29, 1.82) is 0 Å². The van der Waals surface area contributed by atoms with Crippen LogP contribution < -0.4 is 19.5 Å². The summed E-state index contributed by atoms with van der Waals surface area (Å²) in [6, 6.07) is 20.3. The molecule has 0 atom stereocenters. The molecule has 0 radical (unpaired) electrons. The summed E-state index contributed by atoms with van der Waals surface area (Å²) >= 11 is 0. The molecule has 1 heterocycles. The van der Waals surface area contributed by atoms with Crippen LogP contribution in [0, 0.1) is 0 Å². The molecule has 3 aromatic carbocycles. The molecule has 1 aliphatic rings. The third kappa shape index (κ3) is 5.82. The zero-order valence-electron chi connectivity index (χ0n) is 23.6. The average molecular weight is 558 g/mol. The highest BCUT2D eigenvalue weighted by molar-refractivity contribution is 6.01. The molecule has 2 amide bonds. The minimum absolute atomic E-state index is 0.0441. The van der Waals surface area contributed by atoms with Crippen LogP contribution >= 0.6 is 0 Å². The number of ether oxygens (including phenoxy) is 3. The molecule has 5 rings (SSSR count). The molecule has 1 saturated carbocycles. The Labute approximate surface area is 239 Å². The zero-order chi connectivity index (χ0) is 28.8. The molecule has 10 heteroatoms. The summed E-state index contributed by atoms with van der Waals surface area (Å²) in [5.74, 6) is 1.35. The van der Waals surface area contributed by atoms with Crippen LogP contribution in [-0.2, 0) is 22.7 Å². The van der Waals surface area contributed by atoms with Crippen LogP contribution in [-0.4, -0.2) is 58.6 Å². The molecular formula is C31H35N5O5. The third-order valence-corrected chi connectivity index (χ3v) is 7.78. The largest absolute Gasteiger partial charge is 0.497 e. The summed E-state index contributed by atoms with van der Waals surface area (Å²) in [5, 5.41) is 11.5. The van der Waals surface area contributed by atoms with Crippen molar-refractivity contribution in [2.75, 3.05) is 26.6 Å². The number of amides is 2. The van der Waals surface area contributed by atoms with Crippen molar-refractivity contribution < 1.29 is 23.8 Å². The fraction of sp³-hybridized carbons (Fsp3) is 0.355. The van der Waals surface area contributed by atoms with E-state index in [1.807, 2.05) is 48.5 Å². The number of methoxy groups -OCH3 is 3. The standard InChI is InChI=1S/C31H35N5O5/c1-39-23-13-11-22(12-14-23)20-35(29(37)21-36-27-10-6-5-9-25(27)33-34-36)31(17-7-4-8-18-31)30(38)32-26-16-15-24(40-2)19-28(26)41-3/h5-6,9-16,19H,4,7-8,17-18,20-21H2,1-3H3,(H,32,38). The van der Waals surface area contributed by atoms with Crippen LogP contribution in [0.15, 0.2) is 66.7 Å². The molecule has 1 aromatic heterocycles. The Hall–Kier alpha value is -4.60. The molecule has 0 bridgehead atoms. The van der Waals surface area contributed by atoms with Crippen LogP contribution in [0.1, 0.15) is 37.7 Å². The van der Waals surface area contributed by atoms with Crippen LogP contribution in [0.25, 0.3) is 11.0 Å². The number of benzene rings is 3. The second kappa shape index (κ2) is 12.3. The lowest BCUT2D eigenvalue weighted by molar-refractivity contribution is -0.149. The Morgan fingerprint density at radius 1 is 0.902 bits per heavy atom. The molecular weight excluding hydrogens is 522 g/mol. The number of para-hydroxylation sites is 1. The fourth-order valence-corrected chi connectivity index (χ4v) is 5.54. The van der Waals surface area contributed by atoms with Gasteiger partial charge in [0.05, 0.1) is 32.5 Å². The number of nitrogens with zero attached hydrogens (tertiary/aromatic N) is 4. The minimum atomic E-state index is -1.07. The van der Waals surface area contributed by atoms with Crippen LogP contribution in [0.3, 0.4) is 0 Å². The lowest BCUT2D eigenvalue weighted by Gasteiger charge is -2.45. The van der Waals surface area contributed by atoms with Crippen molar-refractivity contribution in [2.45, 2.75) is 50.7 Å². The van der Waals surface area contributed by atoms with E-state index in [0.717, 1.165) is 36.1 Å². The number of anilines is 1. The summed E-state index contributed by atoms with van der Waals surface area (Å²) < 4.78 is 17.8. The van der Waals surface area contributed by atoms with E-state index in [9.17, 15) is 9.59 Å². The SMILES string of the molecule is COc1ccc(CN(C(=O)Cn2nnc3ccccc32)C2(C(=O)Nc3ccc(OC)cc3OC)CCCCC2)cc1. The predicted octanol–water partition coefficient (Wildman–Crippen LogP) is 4.83. The number of carbonyl (C=O) groups excluding carboxylic acids is 2. The van der Waals surface area contributed by atoms with Gasteiger partial charge in [0.25, 0.3) is 0 Å². The normalized spacial score (nSPS) is 14.3. The van der Waals surface area contributed by atoms with Gasteiger partial charge in [0.2, 0.25) is 11.8 Å². The second-order valence-corrected chi connectivity index (χ2v) is 10.2. The summed E-state index contributed by atoms with van der Waals surface area (Å²) in [7, 11) is 4.73. The summed E-state index contributed by atoms with van der Waals surface area (Å²) in [6.07, 6.45) is 3.73. The van der Waals surface area contributed by atoms with Gasteiger partial charge in [-0.25, -0.2) is 4.68 Å². The minimum Gasteiger partial charge on any atom is -0.497 e. The molecule has 1 N–H and O–H groups in total. The first-order chi connectivity index (χ1) is 20.0. The lowest BCUT2D eigenvalue weighted by atomic mass is 9.78. The van der Waals surface area contributed by atoms with Crippen molar-refractivity contribution in [3.8, 4) is 17.2 Å². The predicted molar refractivity (Wildman–Crippen MR) is 155 cm³/mol. The van der Waals surface area contributed by atoms with Gasteiger partial charge in [-0.1, -0.05) is 48.7 Å². The molecule has 214 valence electrons. The Morgan fingerprint density at radius 2 is 1.61 bits per heavy atom. The van der Waals surface area contributed by atoms with Gasteiger partial charge in [-0.2, -0.15) is 0 Å². The highest BCUT2D eigenvalue weighted by atomic mass is 16.5. The van der Waals surface area contributed by atoms with E-state index < -0.39 is 5.54 Å². The van der Waals surface area contributed by atoms with E-state index in [0.29, 0.717) is 35.5 Å². The van der Waals surface area contributed by atoms with E-state index >= 15 is 0 Å². The Kier molecular flexibility index (Phi) is 8.37. The number of fused-ring (bicyclic) bond motifs is 1. The number of rotatable bonds is 10. The molecule has 4 aromatic rings. The molecule has 1 aliphatic carbocycles. The smallest absolute Gasteiger partial charge is 0.250 e. The maximum absolute atomic E-state index is 14.3. The van der Waals surface area contributed by atoms with Gasteiger partial charge in [0.15, 0.2) is 0 Å². The Balaban J connectivity index is 1.52. The Bertz CT molecular complexity index is 1510. The molecule has 41 heavy (non-hydrogen) atoms. The number of aromatic nitrogens is 3. The van der Waals surface area contributed by atoms with E-state index in [1.54, 1.807) is 49.1 Å². The molecule has 0 unspecified atom stereocenters. The topological polar surface area (TPSA) is 108 Å². The molecule has 0 spiro atoms. The monoisotopic (exact) mass is 557 g/mol. The first kappa shape index (κ1) is 27.9. The second-order valence-electron chi connectivity index (χ2n) is 10.2. The van der Waals surface area contributed by atoms with Gasteiger partial charge in [-0.15, -0.1) is 5.10 Å². The van der Waals surface area contributed by atoms with Crippen molar-refractivity contribution >= 4 is 28.5 Å². The van der Waals surface area contributed by atoms with E-state index in [2.05, 4.69) is 15.6 Å². The van der Waals surface area contributed by atoms with Crippen molar-refractivity contribution in [3.63, 3.8) is 0 Å². The lowest BCUT2D eigenvalue weighted by Crippen LogP contribution is -2.60. The number of nitrogens with one attached hydrogen (secondary N) is 1. The molecule has 1 fully saturated rings. The highest BCUT2D eigenvalue weighted by Crippen LogP contribution is 2.38. The van der Waals surface area contributed by atoms with Crippen molar-refractivity contribution in [3.05, 3.63) is 72.3 Å². The first-order valence-corrected chi connectivity index (χ1v) is 13.7. The van der Waals surface area contributed by atoms with E-state index in [4.69, 9.17) is 14.2 Å². The highest BCUT2D eigenvalue weighted by Gasteiger charge is 2.47. The van der Waals surface area contributed by atoms with E-state index in [-0.39, 0.29) is 24.9 Å². The summed E-state index contributed by atoms with van der Waals surface area (Å²) in [5.41, 5.74) is 1.80. The van der Waals surface area contributed by atoms with Crippen LogP contribution in [0.5, 0.6) is 17.2 Å². The van der Waals surface area contributed by atoms with E-state index in [1.165, 1.54) is 0 Å². The zero-order valence-corrected chi connectivity index (χ0v) is 23.6. The van der Waals surface area contributed by atoms with Crippen LogP contribution in [0.2, 0.25) is 0 Å². The van der Waals surface area contributed by atoms with Gasteiger partial charge in [-0.05, 0) is 54.8 Å². The average Bonchev–Trinajstić information content (AvgIpc) is 3.43. The Morgan fingerprint density at radius 3 is 2.32 bits per heavy atom. The first-order valence-electron chi connectivity index (χ1n) is 13.7. The van der Waals surface area contributed by atoms with Gasteiger partial charge >= 0.3 is 0 Å². The van der Waals surface area contributed by atoms with Gasteiger partial charge in [-0.3, -0.25) is 9.59 Å². The van der Waals surface area contributed by atoms with Crippen molar-refractivity contribution in [1.82, 2.24) is 19.9 Å². The molecule has 0 saturated heterocycles. The summed E-state index contributed by atoms with van der Waals surface area (Å²) in [6.45, 7) is 0.209. The van der Waals surface area contributed by atoms with Gasteiger partial charge < -0.3 is 24.4 Å². The number of hydrogen-bond acceptors (Lipinski definition) is 7. The van der Waals surface area contributed by atoms with Gasteiger partial charge in [0, 0.05) is 12.6 Å². The summed E-state index contributed by atoms with van der Waals surface area (Å²) in [4.78, 5) is 30.3. The van der Waals surface area contributed by atoms with Crippen LogP contribution in [0.4, 0.5) is 5.69 Å². The molecule has 0 aliphatic heterocycles. The molecule has 10 nitrogen and oxygen atoms in total. The number of hydrogen-bond donors (Lipinski definition) is 1. The quantitative estimate of drug-likeness (QED) is 0.298. The maximum atomic E-state index is 14.3. The third-order valence-electron chi connectivity index (χ3n) is 7.78.